The van der Waals surface area contributed by atoms with Crippen LogP contribution in [0.5, 0.6) is 11.6 Å². The molecule has 1 aromatic carbocycles. The van der Waals surface area contributed by atoms with Gasteiger partial charge in [0, 0.05) is 55.8 Å². The van der Waals surface area contributed by atoms with Gasteiger partial charge in [-0.25, -0.2) is 9.29 Å². The molecule has 1 aliphatic carbocycles. The number of ether oxygens (including phenoxy) is 2. The van der Waals surface area contributed by atoms with Gasteiger partial charge in [-0.1, -0.05) is 37.6 Å². The number of allylic oxidation sites excluding steroid dienone is 1. The third-order valence-corrected chi connectivity index (χ3v) is 9.38. The Morgan fingerprint density at radius 3 is 2.60 bits per heavy atom. The first-order chi connectivity index (χ1) is 20.3. The first kappa shape index (κ1) is 30.2. The van der Waals surface area contributed by atoms with Crippen LogP contribution in [0.25, 0.3) is 0 Å². The Bertz CT molecular complexity index is 1280. The number of amides is 1. The molecule has 0 saturated carbocycles. The van der Waals surface area contributed by atoms with Crippen LogP contribution in [-0.2, 0) is 4.79 Å². The van der Waals surface area contributed by atoms with Crippen molar-refractivity contribution in [3.63, 3.8) is 0 Å². The molecule has 1 amide bonds. The number of carbonyl (C=O) groups is 1. The van der Waals surface area contributed by atoms with E-state index >= 15 is 0 Å². The molecule has 226 valence electrons. The number of nitrogens with one attached hydrogen (secondary N) is 2. The highest BCUT2D eigenvalue weighted by Gasteiger charge is 2.31. The summed E-state index contributed by atoms with van der Waals surface area (Å²) >= 11 is 1.92. The zero-order valence-corrected chi connectivity index (χ0v) is 25.9. The lowest BCUT2D eigenvalue weighted by Gasteiger charge is -2.39. The van der Waals surface area contributed by atoms with Crippen molar-refractivity contribution in [3.8, 4) is 11.6 Å². The second kappa shape index (κ2) is 13.8. The van der Waals surface area contributed by atoms with E-state index in [0.29, 0.717) is 46.2 Å². The highest BCUT2D eigenvalue weighted by molar-refractivity contribution is 7.97. The summed E-state index contributed by atoms with van der Waals surface area (Å²) in [6.45, 7) is 9.39. The fourth-order valence-electron chi connectivity index (χ4n) is 5.54. The van der Waals surface area contributed by atoms with Gasteiger partial charge >= 0.3 is 0 Å². The predicted molar refractivity (Wildman–Crippen MR) is 171 cm³/mol. The quantitative estimate of drug-likeness (QED) is 0.212. The fourth-order valence-corrected chi connectivity index (χ4v) is 6.83. The van der Waals surface area contributed by atoms with Gasteiger partial charge in [0.2, 0.25) is 17.7 Å². The highest BCUT2D eigenvalue weighted by atomic mass is 32.2. The SMILES string of the molecule is C=CC(=O)Nc1cc(Nc2nccc(OC3CN(SC4C=C[C@H](C)CC4)C3)n2)c(OC)cc1N1CCC(N(C)C)CC1. The molecule has 2 aliphatic heterocycles. The number of benzene rings is 1. The van der Waals surface area contributed by atoms with Gasteiger partial charge in [0.15, 0.2) is 0 Å². The first-order valence-corrected chi connectivity index (χ1v) is 15.6. The normalized spacial score (nSPS) is 21.6. The molecule has 2 atom stereocenters. The minimum atomic E-state index is -0.274. The lowest BCUT2D eigenvalue weighted by molar-refractivity contribution is -0.111. The summed E-state index contributed by atoms with van der Waals surface area (Å²) in [7, 11) is 5.88. The van der Waals surface area contributed by atoms with Crippen molar-refractivity contribution >= 4 is 40.9 Å². The Balaban J connectivity index is 1.25. The molecule has 0 bridgehead atoms. The molecule has 5 rings (SSSR count). The Morgan fingerprint density at radius 1 is 1.14 bits per heavy atom. The highest BCUT2D eigenvalue weighted by Crippen LogP contribution is 2.39. The number of piperidine rings is 1. The average molecular weight is 594 g/mol. The van der Waals surface area contributed by atoms with Crippen molar-refractivity contribution in [2.45, 2.75) is 50.0 Å². The zero-order valence-electron chi connectivity index (χ0n) is 25.1. The van der Waals surface area contributed by atoms with Crippen LogP contribution >= 0.6 is 11.9 Å². The maximum atomic E-state index is 12.4. The summed E-state index contributed by atoms with van der Waals surface area (Å²) in [5.74, 6) is 1.95. The standard InChI is InChI=1S/C31H43N7O3S/c1-6-29(39)33-25-17-26(28(40-5)18-27(25)37-15-12-22(13-16-37)36(3)4)34-31-32-14-11-30(35-31)41-23-19-38(20-23)42-24-9-7-21(2)8-10-24/h6-7,9,11,14,17-18,21-24H,1,8,10,12-13,15-16,19-20H2,2-5H3,(H,33,39)(H,32,34,35)/t21-,24?/m0/s1. The van der Waals surface area contributed by atoms with Gasteiger partial charge in [0.1, 0.15) is 11.9 Å². The Morgan fingerprint density at radius 2 is 1.93 bits per heavy atom. The Labute approximate surface area is 253 Å². The van der Waals surface area contributed by atoms with Crippen molar-refractivity contribution in [3.05, 3.63) is 49.2 Å². The Kier molecular flexibility index (Phi) is 9.91. The van der Waals surface area contributed by atoms with Gasteiger partial charge in [-0.05, 0) is 57.8 Å². The molecule has 2 fully saturated rings. The molecule has 42 heavy (non-hydrogen) atoms. The van der Waals surface area contributed by atoms with Crippen LogP contribution in [0.3, 0.4) is 0 Å². The number of carbonyl (C=O) groups excluding carboxylic acids is 1. The summed E-state index contributed by atoms with van der Waals surface area (Å²) < 4.78 is 14.3. The van der Waals surface area contributed by atoms with Crippen LogP contribution in [0, 0.1) is 5.92 Å². The van der Waals surface area contributed by atoms with Gasteiger partial charge in [-0.3, -0.25) is 4.79 Å². The number of methoxy groups -OCH3 is 1. The number of anilines is 4. The lowest BCUT2D eigenvalue weighted by Crippen LogP contribution is -2.50. The summed E-state index contributed by atoms with van der Waals surface area (Å²) in [6.07, 6.45) is 12.3. The van der Waals surface area contributed by atoms with Crippen LogP contribution in [0.4, 0.5) is 23.0 Å². The van der Waals surface area contributed by atoms with Crippen LogP contribution in [0.1, 0.15) is 32.6 Å². The van der Waals surface area contributed by atoms with E-state index in [1.54, 1.807) is 19.4 Å². The van der Waals surface area contributed by atoms with Crippen molar-refractivity contribution in [2.75, 3.05) is 62.9 Å². The summed E-state index contributed by atoms with van der Waals surface area (Å²) in [6, 6.07) is 6.15. The smallest absolute Gasteiger partial charge is 0.247 e. The largest absolute Gasteiger partial charge is 0.494 e. The number of rotatable bonds is 11. The molecule has 3 aliphatic rings. The second-order valence-corrected chi connectivity index (χ2v) is 12.8. The maximum absolute atomic E-state index is 12.4. The predicted octanol–water partition coefficient (Wildman–Crippen LogP) is 4.95. The van der Waals surface area contributed by atoms with Gasteiger partial charge in [0.05, 0.1) is 24.2 Å². The third kappa shape index (κ3) is 7.56. The van der Waals surface area contributed by atoms with E-state index in [-0.39, 0.29) is 12.0 Å². The molecule has 3 heterocycles. The van der Waals surface area contributed by atoms with Gasteiger partial charge in [-0.15, -0.1) is 0 Å². The lowest BCUT2D eigenvalue weighted by atomic mass is 9.98. The fraction of sp³-hybridized carbons (Fsp3) is 0.516. The molecule has 10 nitrogen and oxygen atoms in total. The maximum Gasteiger partial charge on any atom is 0.247 e. The minimum Gasteiger partial charge on any atom is -0.494 e. The summed E-state index contributed by atoms with van der Waals surface area (Å²) in [5.41, 5.74) is 2.23. The van der Waals surface area contributed by atoms with Crippen LogP contribution in [0.15, 0.2) is 49.2 Å². The Hall–Kier alpha value is -3.28. The first-order valence-electron chi connectivity index (χ1n) is 14.7. The number of nitrogens with zero attached hydrogens (tertiary/aromatic N) is 5. The molecule has 2 N–H and O–H groups in total. The van der Waals surface area contributed by atoms with E-state index in [0.717, 1.165) is 44.7 Å². The van der Waals surface area contributed by atoms with E-state index in [1.807, 2.05) is 24.1 Å². The monoisotopic (exact) mass is 593 g/mol. The summed E-state index contributed by atoms with van der Waals surface area (Å²) in [5, 5.41) is 6.81. The van der Waals surface area contributed by atoms with Crippen molar-refractivity contribution in [1.29, 1.82) is 0 Å². The van der Waals surface area contributed by atoms with E-state index in [2.05, 4.69) is 74.5 Å². The number of hydrogen-bond acceptors (Lipinski definition) is 10. The number of aromatic nitrogens is 2. The molecule has 1 aromatic heterocycles. The van der Waals surface area contributed by atoms with E-state index in [1.165, 1.54) is 18.9 Å². The van der Waals surface area contributed by atoms with Crippen LogP contribution < -0.4 is 25.0 Å². The molecule has 0 radical (unpaired) electrons. The van der Waals surface area contributed by atoms with Gasteiger partial charge in [0.25, 0.3) is 0 Å². The van der Waals surface area contributed by atoms with Crippen LogP contribution in [-0.4, -0.2) is 89.9 Å². The topological polar surface area (TPSA) is 95.1 Å². The molecule has 2 aromatic rings. The molecule has 1 unspecified atom stereocenters. The number of hydrogen-bond donors (Lipinski definition) is 2. The second-order valence-electron chi connectivity index (χ2n) is 11.5. The van der Waals surface area contributed by atoms with Crippen molar-refractivity contribution in [1.82, 2.24) is 19.2 Å². The van der Waals surface area contributed by atoms with Gasteiger partial charge in [-0.2, -0.15) is 4.98 Å². The molecule has 0 spiro atoms. The third-order valence-electron chi connectivity index (χ3n) is 8.12. The summed E-state index contributed by atoms with van der Waals surface area (Å²) in [4.78, 5) is 25.9. The van der Waals surface area contributed by atoms with E-state index in [4.69, 9.17) is 9.47 Å². The van der Waals surface area contributed by atoms with E-state index < -0.39 is 0 Å². The van der Waals surface area contributed by atoms with Gasteiger partial charge < -0.3 is 29.9 Å². The zero-order chi connectivity index (χ0) is 29.6. The molecule has 2 saturated heterocycles. The van der Waals surface area contributed by atoms with Crippen LogP contribution in [0.2, 0.25) is 0 Å². The van der Waals surface area contributed by atoms with Crippen molar-refractivity contribution < 1.29 is 14.3 Å². The van der Waals surface area contributed by atoms with E-state index in [9.17, 15) is 4.79 Å². The molecule has 11 heteroatoms. The molecular weight excluding hydrogens is 550 g/mol. The average Bonchev–Trinajstić information content (AvgIpc) is 2.97. The van der Waals surface area contributed by atoms with Crippen molar-refractivity contribution in [2.24, 2.45) is 5.92 Å². The minimum absolute atomic E-state index is 0.0953. The molecular formula is C31H43N7O3S.